The molecule has 1 fully saturated rings. The van der Waals surface area contributed by atoms with Gasteiger partial charge in [-0.15, -0.1) is 0 Å². The second-order valence-corrected chi connectivity index (χ2v) is 5.52. The number of hydrogen-bond donors (Lipinski definition) is 2. The Morgan fingerprint density at radius 1 is 1.29 bits per heavy atom. The Hall–Kier alpha value is -2.11. The van der Waals surface area contributed by atoms with Crippen molar-refractivity contribution in [3.63, 3.8) is 0 Å². The molecule has 0 spiro atoms. The lowest BCUT2D eigenvalue weighted by molar-refractivity contribution is -0.115. The molecule has 4 nitrogen and oxygen atoms in total. The Morgan fingerprint density at radius 3 is 2.76 bits per heavy atom. The van der Waals surface area contributed by atoms with E-state index in [-0.39, 0.29) is 5.91 Å². The van der Waals surface area contributed by atoms with Crippen molar-refractivity contribution >= 4 is 40.9 Å². The first-order chi connectivity index (χ1) is 10.0. The van der Waals surface area contributed by atoms with E-state index in [0.29, 0.717) is 15.8 Å². The Bertz CT molecular complexity index is 779. The van der Waals surface area contributed by atoms with Gasteiger partial charge >= 0.3 is 0 Å². The van der Waals surface area contributed by atoms with Crippen LogP contribution >= 0.6 is 23.8 Å². The molecule has 2 heterocycles. The van der Waals surface area contributed by atoms with Crippen LogP contribution in [0, 0.1) is 6.92 Å². The van der Waals surface area contributed by atoms with Gasteiger partial charge in [-0.2, -0.15) is 0 Å². The lowest BCUT2D eigenvalue weighted by Crippen LogP contribution is -2.21. The van der Waals surface area contributed by atoms with Crippen LogP contribution in [0.2, 0.25) is 5.02 Å². The minimum absolute atomic E-state index is 0.227. The number of nitrogens with zero attached hydrogens (tertiary/aromatic N) is 1. The van der Waals surface area contributed by atoms with Gasteiger partial charge in [-0.05, 0) is 55.0 Å². The molecule has 0 bridgehead atoms. The Balaban J connectivity index is 2.01. The van der Waals surface area contributed by atoms with E-state index in [2.05, 4.69) is 10.6 Å². The van der Waals surface area contributed by atoms with Crippen molar-refractivity contribution in [1.82, 2.24) is 15.2 Å². The van der Waals surface area contributed by atoms with E-state index >= 15 is 0 Å². The van der Waals surface area contributed by atoms with Crippen LogP contribution in [0.25, 0.3) is 11.8 Å². The maximum absolute atomic E-state index is 11.7. The number of hydrogen-bond acceptors (Lipinski definition) is 2. The zero-order valence-electron chi connectivity index (χ0n) is 11.2. The molecule has 0 aliphatic carbocycles. The molecule has 0 unspecified atom stereocenters. The number of benzene rings is 1. The highest BCUT2D eigenvalue weighted by molar-refractivity contribution is 7.80. The summed E-state index contributed by atoms with van der Waals surface area (Å²) in [6, 6.07) is 9.66. The van der Waals surface area contributed by atoms with Crippen LogP contribution in [0.4, 0.5) is 0 Å². The van der Waals surface area contributed by atoms with Gasteiger partial charge < -0.3 is 9.88 Å². The maximum atomic E-state index is 11.7. The highest BCUT2D eigenvalue weighted by Crippen LogP contribution is 2.22. The van der Waals surface area contributed by atoms with Crippen molar-refractivity contribution in [2.45, 2.75) is 6.92 Å². The number of nitrogens with one attached hydrogen (secondary N) is 2. The molecule has 3 rings (SSSR count). The lowest BCUT2D eigenvalue weighted by Gasteiger charge is -2.08. The van der Waals surface area contributed by atoms with E-state index < -0.39 is 0 Å². The molecule has 0 radical (unpaired) electrons. The van der Waals surface area contributed by atoms with E-state index in [4.69, 9.17) is 23.8 Å². The van der Waals surface area contributed by atoms with Gasteiger partial charge in [-0.3, -0.25) is 10.1 Å². The number of amides is 1. The van der Waals surface area contributed by atoms with Crippen LogP contribution in [0.1, 0.15) is 11.3 Å². The third kappa shape index (κ3) is 2.70. The largest absolute Gasteiger partial charge is 0.328 e. The first kappa shape index (κ1) is 13.9. The van der Waals surface area contributed by atoms with E-state index in [1.54, 1.807) is 6.08 Å². The molecule has 1 amide bonds. The fraction of sp³-hybridized carbons (Fsp3) is 0.0667. The summed E-state index contributed by atoms with van der Waals surface area (Å²) in [7, 11) is 0. The predicted molar refractivity (Wildman–Crippen MR) is 87.4 cm³/mol. The van der Waals surface area contributed by atoms with Crippen molar-refractivity contribution in [1.29, 1.82) is 0 Å². The van der Waals surface area contributed by atoms with Crippen LogP contribution in [-0.4, -0.2) is 15.6 Å². The van der Waals surface area contributed by atoms with Gasteiger partial charge in [-0.25, -0.2) is 0 Å². The molecule has 0 atom stereocenters. The molecule has 2 aromatic rings. The molecule has 6 heteroatoms. The SMILES string of the molecule is Cc1ccc(-n2cccc2/C=C2/NC(=S)NC2=O)cc1Cl. The van der Waals surface area contributed by atoms with Gasteiger partial charge in [0.25, 0.3) is 5.91 Å². The average molecular weight is 318 g/mol. The van der Waals surface area contributed by atoms with Gasteiger partial charge in [-0.1, -0.05) is 17.7 Å². The number of thiocarbonyl (C=S) groups is 1. The smallest absolute Gasteiger partial charge is 0.273 e. The van der Waals surface area contributed by atoms with Gasteiger partial charge in [0.1, 0.15) is 5.70 Å². The standard InChI is InChI=1S/C15H12ClN3OS/c1-9-4-5-11(7-12(9)16)19-6-2-3-10(19)8-13-14(20)18-15(21)17-13/h2-8H,1H3,(H2,17,18,20,21)/b13-8+. The summed E-state index contributed by atoms with van der Waals surface area (Å²) in [5.41, 5.74) is 3.24. The molecule has 0 saturated carbocycles. The van der Waals surface area contributed by atoms with Crippen LogP contribution in [0.15, 0.2) is 42.2 Å². The Kier molecular flexibility index (Phi) is 3.53. The summed E-state index contributed by atoms with van der Waals surface area (Å²) in [5.74, 6) is -0.227. The minimum atomic E-state index is -0.227. The molecular formula is C15H12ClN3OS. The zero-order valence-corrected chi connectivity index (χ0v) is 12.8. The number of carbonyl (C=O) groups excluding carboxylic acids is 1. The summed E-state index contributed by atoms with van der Waals surface area (Å²) in [5, 5.41) is 6.40. The molecule has 1 saturated heterocycles. The Morgan fingerprint density at radius 2 is 2.10 bits per heavy atom. The molecular weight excluding hydrogens is 306 g/mol. The fourth-order valence-corrected chi connectivity index (χ4v) is 2.49. The molecule has 1 aromatic carbocycles. The molecule has 2 N–H and O–H groups in total. The van der Waals surface area contributed by atoms with Crippen molar-refractivity contribution in [2.75, 3.05) is 0 Å². The minimum Gasteiger partial charge on any atom is -0.328 e. The quantitative estimate of drug-likeness (QED) is 0.661. The van der Waals surface area contributed by atoms with Crippen LogP contribution < -0.4 is 10.6 Å². The summed E-state index contributed by atoms with van der Waals surface area (Å²) in [6.07, 6.45) is 3.67. The summed E-state index contributed by atoms with van der Waals surface area (Å²) < 4.78 is 1.95. The average Bonchev–Trinajstić information content (AvgIpc) is 3.01. The monoisotopic (exact) mass is 317 g/mol. The number of aromatic nitrogens is 1. The van der Waals surface area contributed by atoms with Gasteiger partial charge in [0, 0.05) is 22.6 Å². The molecule has 1 aromatic heterocycles. The highest BCUT2D eigenvalue weighted by Gasteiger charge is 2.20. The van der Waals surface area contributed by atoms with E-state index in [1.807, 2.05) is 48.0 Å². The van der Waals surface area contributed by atoms with Crippen molar-refractivity contribution in [3.8, 4) is 5.69 Å². The van der Waals surface area contributed by atoms with Crippen molar-refractivity contribution in [3.05, 3.63) is 58.5 Å². The van der Waals surface area contributed by atoms with Gasteiger partial charge in [0.05, 0.1) is 0 Å². The lowest BCUT2D eigenvalue weighted by atomic mass is 10.2. The maximum Gasteiger partial charge on any atom is 0.273 e. The number of rotatable bonds is 2. The predicted octanol–water partition coefficient (Wildman–Crippen LogP) is 2.78. The highest BCUT2D eigenvalue weighted by atomic mass is 35.5. The summed E-state index contributed by atoms with van der Waals surface area (Å²) >= 11 is 11.1. The second kappa shape index (κ2) is 5.35. The fourth-order valence-electron chi connectivity index (χ4n) is 2.11. The van der Waals surface area contributed by atoms with Crippen LogP contribution in [-0.2, 0) is 4.79 Å². The number of aryl methyl sites for hydroxylation is 1. The van der Waals surface area contributed by atoms with E-state index in [0.717, 1.165) is 16.9 Å². The zero-order chi connectivity index (χ0) is 15.0. The second-order valence-electron chi connectivity index (χ2n) is 4.70. The van der Waals surface area contributed by atoms with Crippen molar-refractivity contribution < 1.29 is 4.79 Å². The first-order valence-corrected chi connectivity index (χ1v) is 7.11. The van der Waals surface area contributed by atoms with Gasteiger partial charge in [0.15, 0.2) is 5.11 Å². The van der Waals surface area contributed by atoms with Crippen molar-refractivity contribution in [2.24, 2.45) is 0 Å². The molecule has 1 aliphatic heterocycles. The van der Waals surface area contributed by atoms with Crippen LogP contribution in [0.3, 0.4) is 0 Å². The summed E-state index contributed by atoms with van der Waals surface area (Å²) in [6.45, 7) is 1.96. The molecule has 1 aliphatic rings. The number of carbonyl (C=O) groups is 1. The third-order valence-electron chi connectivity index (χ3n) is 3.23. The molecule has 21 heavy (non-hydrogen) atoms. The van der Waals surface area contributed by atoms with Crippen LogP contribution in [0.5, 0.6) is 0 Å². The van der Waals surface area contributed by atoms with E-state index in [9.17, 15) is 4.79 Å². The third-order valence-corrected chi connectivity index (χ3v) is 3.84. The van der Waals surface area contributed by atoms with E-state index in [1.165, 1.54) is 0 Å². The normalized spacial score (nSPS) is 16.2. The topological polar surface area (TPSA) is 46.1 Å². The molecule has 106 valence electrons. The Labute approximate surface area is 132 Å². The first-order valence-electron chi connectivity index (χ1n) is 6.32. The number of halogens is 1. The van der Waals surface area contributed by atoms with Gasteiger partial charge in [0.2, 0.25) is 0 Å². The summed E-state index contributed by atoms with van der Waals surface area (Å²) in [4.78, 5) is 11.7.